The van der Waals surface area contributed by atoms with Gasteiger partial charge in [-0.15, -0.1) is 11.3 Å². The summed E-state index contributed by atoms with van der Waals surface area (Å²) in [5.74, 6) is -0.828. The van der Waals surface area contributed by atoms with Gasteiger partial charge in [0.2, 0.25) is 5.63 Å². The maximum absolute atomic E-state index is 12.9. The van der Waals surface area contributed by atoms with Crippen LogP contribution in [0.4, 0.5) is 4.39 Å². The number of hydrogen-bond donors (Lipinski definition) is 1. The molecule has 0 fully saturated rings. The number of rotatable bonds is 2. The van der Waals surface area contributed by atoms with Gasteiger partial charge in [0.1, 0.15) is 9.71 Å². The Labute approximate surface area is 110 Å². The van der Waals surface area contributed by atoms with Crippen molar-refractivity contribution in [2.75, 3.05) is 7.11 Å². The summed E-state index contributed by atoms with van der Waals surface area (Å²) in [6.07, 6.45) is 0. The van der Waals surface area contributed by atoms with Gasteiger partial charge in [-0.05, 0) is 12.5 Å². The highest BCUT2D eigenvalue weighted by Crippen LogP contribution is 2.28. The highest BCUT2D eigenvalue weighted by atomic mass is 35.5. The van der Waals surface area contributed by atoms with Crippen LogP contribution >= 0.6 is 22.9 Å². The highest BCUT2D eigenvalue weighted by Gasteiger charge is 2.21. The number of carbonyl (C=O) groups excluding carboxylic acids is 1. The number of ether oxygens (including phenoxy) is 1. The average molecular weight is 291 g/mol. The summed E-state index contributed by atoms with van der Waals surface area (Å²) in [6, 6.07) is 0. The first-order valence-corrected chi connectivity index (χ1v) is 6.10. The zero-order valence-electron chi connectivity index (χ0n) is 9.41. The van der Waals surface area contributed by atoms with Crippen LogP contribution in [0, 0.1) is 6.92 Å². The van der Waals surface area contributed by atoms with Crippen LogP contribution in [0.15, 0.2) is 4.79 Å². The Hall–Kier alpha value is -1.47. The number of thiophene rings is 1. The van der Waals surface area contributed by atoms with E-state index in [1.807, 2.05) is 0 Å². The van der Waals surface area contributed by atoms with Gasteiger partial charge in [-0.1, -0.05) is 11.6 Å². The smallest absolute Gasteiger partial charge is 0.348 e. The van der Waals surface area contributed by atoms with Crippen LogP contribution in [0.2, 0.25) is 0 Å². The first kappa shape index (κ1) is 13.0. The zero-order chi connectivity index (χ0) is 13.4. The van der Waals surface area contributed by atoms with Crippen molar-refractivity contribution in [3.63, 3.8) is 0 Å². The van der Waals surface area contributed by atoms with Gasteiger partial charge < -0.3 is 9.72 Å². The maximum atomic E-state index is 12.9. The lowest BCUT2D eigenvalue weighted by Gasteiger charge is -1.98. The van der Waals surface area contributed by atoms with Gasteiger partial charge in [-0.25, -0.2) is 14.2 Å². The summed E-state index contributed by atoms with van der Waals surface area (Å²) in [7, 11) is 1.24. The van der Waals surface area contributed by atoms with Gasteiger partial charge in [0.05, 0.1) is 12.5 Å². The number of aromatic nitrogens is 2. The predicted molar refractivity (Wildman–Crippen MR) is 66.0 cm³/mol. The SMILES string of the molecule is COC(=O)c1sc2nc(C(F)Cl)[nH]c(=O)c2c1C. The summed E-state index contributed by atoms with van der Waals surface area (Å²) in [5, 5.41) is 0.251. The van der Waals surface area contributed by atoms with Crippen molar-refractivity contribution in [2.45, 2.75) is 12.6 Å². The number of fused-ring (bicyclic) bond motifs is 1. The molecule has 0 aliphatic heterocycles. The molecule has 0 aliphatic rings. The van der Waals surface area contributed by atoms with Gasteiger partial charge in [0.15, 0.2) is 5.82 Å². The number of esters is 1. The summed E-state index contributed by atoms with van der Waals surface area (Å²) < 4.78 is 17.5. The fourth-order valence-corrected chi connectivity index (χ4v) is 2.76. The Morgan fingerprint density at radius 2 is 2.28 bits per heavy atom. The average Bonchev–Trinajstić information content (AvgIpc) is 2.66. The molecule has 5 nitrogen and oxygen atoms in total. The molecule has 0 aliphatic carbocycles. The van der Waals surface area contributed by atoms with Gasteiger partial charge in [-0.2, -0.15) is 0 Å². The molecule has 1 unspecified atom stereocenters. The number of methoxy groups -OCH3 is 1. The van der Waals surface area contributed by atoms with Crippen molar-refractivity contribution < 1.29 is 13.9 Å². The quantitative estimate of drug-likeness (QED) is 0.680. The van der Waals surface area contributed by atoms with E-state index < -0.39 is 17.2 Å². The molecule has 2 aromatic heterocycles. The van der Waals surface area contributed by atoms with Gasteiger partial charge >= 0.3 is 5.97 Å². The van der Waals surface area contributed by atoms with Crippen molar-refractivity contribution in [1.29, 1.82) is 0 Å². The summed E-state index contributed by atoms with van der Waals surface area (Å²) in [5.41, 5.74) is -1.96. The number of alkyl halides is 2. The zero-order valence-corrected chi connectivity index (χ0v) is 11.0. The first-order valence-electron chi connectivity index (χ1n) is 4.85. The van der Waals surface area contributed by atoms with E-state index in [-0.39, 0.29) is 20.9 Å². The third-order valence-electron chi connectivity index (χ3n) is 2.40. The Kier molecular flexibility index (Phi) is 3.36. The third-order valence-corrected chi connectivity index (χ3v) is 3.77. The second-order valence-electron chi connectivity index (χ2n) is 3.48. The molecule has 96 valence electrons. The van der Waals surface area contributed by atoms with Crippen LogP contribution in [-0.2, 0) is 4.74 Å². The molecular formula is C10H8ClFN2O3S. The number of nitrogens with zero attached hydrogens (tertiary/aromatic N) is 1. The molecule has 18 heavy (non-hydrogen) atoms. The minimum atomic E-state index is -1.90. The fraction of sp³-hybridized carbons (Fsp3) is 0.300. The van der Waals surface area contributed by atoms with Crippen LogP contribution < -0.4 is 5.56 Å². The van der Waals surface area contributed by atoms with Crippen molar-refractivity contribution >= 4 is 39.1 Å². The van der Waals surface area contributed by atoms with Crippen molar-refractivity contribution in [3.05, 3.63) is 26.6 Å². The predicted octanol–water partition coefficient (Wildman–Crippen LogP) is 2.29. The number of hydrogen-bond acceptors (Lipinski definition) is 5. The second kappa shape index (κ2) is 4.66. The minimum Gasteiger partial charge on any atom is -0.465 e. The summed E-state index contributed by atoms with van der Waals surface area (Å²) in [4.78, 5) is 29.9. The summed E-state index contributed by atoms with van der Waals surface area (Å²) >= 11 is 6.20. The number of H-pyrrole nitrogens is 1. The van der Waals surface area contributed by atoms with E-state index in [2.05, 4.69) is 14.7 Å². The molecule has 0 amide bonds. The molecule has 2 aromatic rings. The Morgan fingerprint density at radius 1 is 1.61 bits per heavy atom. The standard InChI is InChI=1S/C10H8ClFN2O3S/c1-3-4-8(15)13-7(6(11)12)14-9(4)18-5(3)10(16)17-2/h6H,1-2H3,(H,13,14,15). The van der Waals surface area contributed by atoms with Crippen LogP contribution in [-0.4, -0.2) is 23.0 Å². The molecule has 0 saturated heterocycles. The monoisotopic (exact) mass is 290 g/mol. The Bertz CT molecular complexity index is 680. The van der Waals surface area contributed by atoms with Crippen molar-refractivity contribution in [3.8, 4) is 0 Å². The molecule has 2 rings (SSSR count). The van der Waals surface area contributed by atoms with Crippen LogP contribution in [0.1, 0.15) is 26.7 Å². The van der Waals surface area contributed by atoms with E-state index in [0.29, 0.717) is 5.56 Å². The van der Waals surface area contributed by atoms with Crippen LogP contribution in [0.5, 0.6) is 0 Å². The van der Waals surface area contributed by atoms with Crippen LogP contribution in [0.3, 0.4) is 0 Å². The van der Waals surface area contributed by atoms with E-state index >= 15 is 0 Å². The largest absolute Gasteiger partial charge is 0.465 e. The topological polar surface area (TPSA) is 72.0 Å². The lowest BCUT2D eigenvalue weighted by atomic mass is 10.2. The highest BCUT2D eigenvalue weighted by molar-refractivity contribution is 7.20. The van der Waals surface area contributed by atoms with E-state index in [1.54, 1.807) is 6.92 Å². The lowest BCUT2D eigenvalue weighted by molar-refractivity contribution is 0.0605. The molecule has 1 N–H and O–H groups in total. The second-order valence-corrected chi connectivity index (χ2v) is 4.86. The third kappa shape index (κ3) is 1.99. The number of halogens is 2. The van der Waals surface area contributed by atoms with E-state index in [4.69, 9.17) is 11.6 Å². The molecule has 0 bridgehead atoms. The van der Waals surface area contributed by atoms with E-state index in [9.17, 15) is 14.0 Å². The minimum absolute atomic E-state index is 0.251. The van der Waals surface area contributed by atoms with Gasteiger partial charge in [0.25, 0.3) is 5.56 Å². The number of carbonyl (C=O) groups is 1. The fourth-order valence-electron chi connectivity index (χ4n) is 1.55. The number of nitrogens with one attached hydrogen (secondary N) is 1. The first-order chi connectivity index (χ1) is 8.45. The summed E-state index contributed by atoms with van der Waals surface area (Å²) in [6.45, 7) is 1.61. The molecular weight excluding hydrogens is 283 g/mol. The maximum Gasteiger partial charge on any atom is 0.348 e. The van der Waals surface area contributed by atoms with Crippen molar-refractivity contribution in [1.82, 2.24) is 9.97 Å². The molecule has 2 heterocycles. The van der Waals surface area contributed by atoms with Crippen molar-refractivity contribution in [2.24, 2.45) is 0 Å². The van der Waals surface area contributed by atoms with E-state index in [1.165, 1.54) is 7.11 Å². The lowest BCUT2D eigenvalue weighted by Crippen LogP contribution is -2.11. The Morgan fingerprint density at radius 3 is 2.83 bits per heavy atom. The van der Waals surface area contributed by atoms with Crippen LogP contribution in [0.25, 0.3) is 10.2 Å². The molecule has 0 radical (unpaired) electrons. The van der Waals surface area contributed by atoms with Gasteiger partial charge in [-0.3, -0.25) is 4.79 Å². The number of aryl methyl sites for hydroxylation is 1. The normalized spacial score (nSPS) is 12.7. The molecule has 8 heteroatoms. The van der Waals surface area contributed by atoms with E-state index in [0.717, 1.165) is 11.3 Å². The Balaban J connectivity index is 2.76. The molecule has 1 atom stereocenters. The molecule has 0 saturated carbocycles. The number of aromatic amines is 1. The van der Waals surface area contributed by atoms with Gasteiger partial charge in [0, 0.05) is 0 Å². The molecule has 0 spiro atoms. The molecule has 0 aromatic carbocycles.